The molecule has 0 bridgehead atoms. The Balaban J connectivity index is 2.12. The zero-order chi connectivity index (χ0) is 19.2. The van der Waals surface area contributed by atoms with E-state index in [1.54, 1.807) is 6.92 Å². The van der Waals surface area contributed by atoms with Crippen molar-refractivity contribution < 1.29 is 9.53 Å². The molecule has 2 aromatic carbocycles. The Morgan fingerprint density at radius 2 is 1.70 bits per heavy atom. The van der Waals surface area contributed by atoms with Gasteiger partial charge in [0.25, 0.3) is 0 Å². The standard InChI is InChI=1S/C22H23N3O2/c1-3-27-22(26)20-15(2)24-21(17-12-8-5-9-13-17)18(20)14-19(25-23)16-10-6-4-7-11-16/h4-13,24H,3,14,23H2,1-2H3. The second kappa shape index (κ2) is 8.36. The summed E-state index contributed by atoms with van der Waals surface area (Å²) in [6, 6.07) is 19.6. The summed E-state index contributed by atoms with van der Waals surface area (Å²) in [4.78, 5) is 16.0. The molecule has 0 fully saturated rings. The number of aryl methyl sites for hydroxylation is 1. The van der Waals surface area contributed by atoms with Crippen molar-refractivity contribution in [1.82, 2.24) is 4.98 Å². The van der Waals surface area contributed by atoms with E-state index in [-0.39, 0.29) is 5.97 Å². The maximum Gasteiger partial charge on any atom is 0.340 e. The number of nitrogens with zero attached hydrogens (tertiary/aromatic N) is 1. The van der Waals surface area contributed by atoms with Crippen LogP contribution in [0.3, 0.4) is 0 Å². The average molecular weight is 361 g/mol. The predicted molar refractivity (Wildman–Crippen MR) is 108 cm³/mol. The molecule has 0 saturated heterocycles. The van der Waals surface area contributed by atoms with Gasteiger partial charge >= 0.3 is 5.97 Å². The molecule has 1 aromatic heterocycles. The van der Waals surface area contributed by atoms with E-state index in [4.69, 9.17) is 10.6 Å². The number of aromatic amines is 1. The van der Waals surface area contributed by atoms with Crippen molar-refractivity contribution >= 4 is 11.7 Å². The number of hydrogen-bond donors (Lipinski definition) is 2. The Kier molecular flexibility index (Phi) is 5.71. The van der Waals surface area contributed by atoms with Crippen LogP contribution in [0.25, 0.3) is 11.3 Å². The lowest BCUT2D eigenvalue weighted by atomic mass is 9.96. The normalized spacial score (nSPS) is 11.4. The summed E-state index contributed by atoms with van der Waals surface area (Å²) in [5, 5.41) is 3.99. The lowest BCUT2D eigenvalue weighted by Gasteiger charge is -2.10. The third-order valence-electron chi connectivity index (χ3n) is 4.44. The SMILES string of the molecule is CCOC(=O)c1c(C)[nH]c(-c2ccccc2)c1CC(=NN)c1ccccc1. The molecule has 0 aliphatic rings. The van der Waals surface area contributed by atoms with Crippen LogP contribution in [0.5, 0.6) is 0 Å². The van der Waals surface area contributed by atoms with Gasteiger partial charge in [0.2, 0.25) is 0 Å². The molecule has 0 atom stereocenters. The first-order valence-electron chi connectivity index (χ1n) is 8.91. The van der Waals surface area contributed by atoms with Crippen molar-refractivity contribution in [2.75, 3.05) is 6.61 Å². The number of nitrogens with one attached hydrogen (secondary N) is 1. The number of hydrazone groups is 1. The molecular formula is C22H23N3O2. The van der Waals surface area contributed by atoms with Crippen molar-refractivity contribution in [3.05, 3.63) is 83.0 Å². The largest absolute Gasteiger partial charge is 0.462 e. The van der Waals surface area contributed by atoms with Crippen LogP contribution in [0.4, 0.5) is 0 Å². The van der Waals surface area contributed by atoms with Gasteiger partial charge in [0.15, 0.2) is 0 Å². The van der Waals surface area contributed by atoms with Crippen LogP contribution in [-0.4, -0.2) is 23.3 Å². The Morgan fingerprint density at radius 1 is 1.07 bits per heavy atom. The molecule has 27 heavy (non-hydrogen) atoms. The molecule has 1 heterocycles. The molecule has 0 unspecified atom stereocenters. The Morgan fingerprint density at radius 3 is 2.30 bits per heavy atom. The first kappa shape index (κ1) is 18.5. The Bertz CT molecular complexity index is 944. The molecule has 0 aliphatic carbocycles. The van der Waals surface area contributed by atoms with Gasteiger partial charge in [0, 0.05) is 12.1 Å². The number of H-pyrrole nitrogens is 1. The summed E-state index contributed by atoms with van der Waals surface area (Å²) < 4.78 is 5.29. The predicted octanol–water partition coefficient (Wildman–Crippen LogP) is 4.07. The number of hydrogen-bond acceptors (Lipinski definition) is 4. The van der Waals surface area contributed by atoms with Gasteiger partial charge in [0.05, 0.1) is 23.6 Å². The summed E-state index contributed by atoms with van der Waals surface area (Å²) in [6.07, 6.45) is 0.420. The minimum absolute atomic E-state index is 0.320. The highest BCUT2D eigenvalue weighted by molar-refractivity contribution is 6.05. The molecule has 3 rings (SSSR count). The number of carbonyl (C=O) groups excluding carboxylic acids is 1. The highest BCUT2D eigenvalue weighted by Crippen LogP contribution is 2.30. The van der Waals surface area contributed by atoms with Crippen LogP contribution < -0.4 is 5.84 Å². The monoisotopic (exact) mass is 361 g/mol. The van der Waals surface area contributed by atoms with E-state index < -0.39 is 0 Å². The zero-order valence-corrected chi connectivity index (χ0v) is 15.5. The highest BCUT2D eigenvalue weighted by atomic mass is 16.5. The topological polar surface area (TPSA) is 80.5 Å². The van der Waals surface area contributed by atoms with Crippen LogP contribution in [0.2, 0.25) is 0 Å². The molecule has 3 N–H and O–H groups in total. The third kappa shape index (κ3) is 3.92. The molecule has 0 amide bonds. The first-order chi connectivity index (χ1) is 13.2. The highest BCUT2D eigenvalue weighted by Gasteiger charge is 2.24. The molecule has 0 aliphatic heterocycles. The smallest absolute Gasteiger partial charge is 0.340 e. The number of esters is 1. The van der Waals surface area contributed by atoms with E-state index in [1.165, 1.54) is 0 Å². The minimum atomic E-state index is -0.340. The summed E-state index contributed by atoms with van der Waals surface area (Å²) in [6.45, 7) is 4.00. The van der Waals surface area contributed by atoms with Crippen LogP contribution in [0, 0.1) is 6.92 Å². The molecule has 3 aromatic rings. The average Bonchev–Trinajstić information content (AvgIpc) is 3.03. The molecule has 5 nitrogen and oxygen atoms in total. The van der Waals surface area contributed by atoms with Gasteiger partial charge in [-0.25, -0.2) is 4.79 Å². The third-order valence-corrected chi connectivity index (χ3v) is 4.44. The van der Waals surface area contributed by atoms with Crippen LogP contribution >= 0.6 is 0 Å². The van der Waals surface area contributed by atoms with Crippen LogP contribution in [0.1, 0.15) is 34.1 Å². The second-order valence-electron chi connectivity index (χ2n) is 6.18. The van der Waals surface area contributed by atoms with E-state index in [9.17, 15) is 4.79 Å². The fourth-order valence-corrected chi connectivity index (χ4v) is 3.20. The summed E-state index contributed by atoms with van der Waals surface area (Å²) in [5.41, 5.74) is 5.67. The van der Waals surface area contributed by atoms with E-state index >= 15 is 0 Å². The van der Waals surface area contributed by atoms with E-state index in [1.807, 2.05) is 67.6 Å². The summed E-state index contributed by atoms with van der Waals surface area (Å²) in [5.74, 6) is 5.35. The second-order valence-corrected chi connectivity index (χ2v) is 6.18. The molecule has 138 valence electrons. The number of benzene rings is 2. The number of aromatic nitrogens is 1. The number of nitrogens with two attached hydrogens (primary N) is 1. The fraction of sp³-hybridized carbons (Fsp3) is 0.182. The molecule has 5 heteroatoms. The van der Waals surface area contributed by atoms with Gasteiger partial charge in [-0.1, -0.05) is 60.7 Å². The minimum Gasteiger partial charge on any atom is -0.462 e. The van der Waals surface area contributed by atoms with Gasteiger partial charge in [-0.2, -0.15) is 5.10 Å². The maximum absolute atomic E-state index is 12.6. The lowest BCUT2D eigenvalue weighted by Crippen LogP contribution is -2.13. The fourth-order valence-electron chi connectivity index (χ4n) is 3.20. The van der Waals surface area contributed by atoms with E-state index in [2.05, 4.69) is 10.1 Å². The van der Waals surface area contributed by atoms with Crippen molar-refractivity contribution in [3.8, 4) is 11.3 Å². The lowest BCUT2D eigenvalue weighted by molar-refractivity contribution is 0.0525. The number of ether oxygens (including phenoxy) is 1. The quantitative estimate of drug-likeness (QED) is 0.300. The molecule has 0 radical (unpaired) electrons. The van der Waals surface area contributed by atoms with E-state index in [0.717, 1.165) is 28.1 Å². The first-order valence-corrected chi connectivity index (χ1v) is 8.91. The Hall–Kier alpha value is -3.34. The van der Waals surface area contributed by atoms with Gasteiger partial charge in [-0.3, -0.25) is 0 Å². The van der Waals surface area contributed by atoms with Crippen LogP contribution in [0.15, 0.2) is 65.8 Å². The molecule has 0 spiro atoms. The van der Waals surface area contributed by atoms with Crippen molar-refractivity contribution in [2.45, 2.75) is 20.3 Å². The van der Waals surface area contributed by atoms with Crippen LogP contribution in [-0.2, 0) is 11.2 Å². The summed E-state index contributed by atoms with van der Waals surface area (Å²) >= 11 is 0. The van der Waals surface area contributed by atoms with Crippen molar-refractivity contribution in [2.24, 2.45) is 10.9 Å². The molecular weight excluding hydrogens is 338 g/mol. The Labute approximate surface area is 158 Å². The number of rotatable bonds is 6. The van der Waals surface area contributed by atoms with Gasteiger partial charge in [-0.15, -0.1) is 0 Å². The number of carbonyl (C=O) groups is 1. The van der Waals surface area contributed by atoms with Crippen molar-refractivity contribution in [1.29, 1.82) is 0 Å². The summed E-state index contributed by atoms with van der Waals surface area (Å²) in [7, 11) is 0. The van der Waals surface area contributed by atoms with E-state index in [0.29, 0.717) is 24.3 Å². The molecule has 0 saturated carbocycles. The maximum atomic E-state index is 12.6. The zero-order valence-electron chi connectivity index (χ0n) is 15.5. The van der Waals surface area contributed by atoms with Gasteiger partial charge in [0.1, 0.15) is 0 Å². The van der Waals surface area contributed by atoms with Gasteiger partial charge < -0.3 is 15.6 Å². The van der Waals surface area contributed by atoms with Crippen molar-refractivity contribution in [3.63, 3.8) is 0 Å². The van der Waals surface area contributed by atoms with Gasteiger partial charge in [-0.05, 0) is 30.5 Å².